The zero-order valence-corrected chi connectivity index (χ0v) is 11.2. The van der Waals surface area contributed by atoms with Crippen LogP contribution in [-0.2, 0) is 0 Å². The second-order valence-electron chi connectivity index (χ2n) is 4.76. The molecule has 2 atom stereocenters. The molecule has 1 aliphatic rings. The molecule has 1 aromatic carbocycles. The normalized spacial score (nSPS) is 20.4. The molecule has 0 amide bonds. The first-order chi connectivity index (χ1) is 8.09. The molecule has 1 aliphatic carbocycles. The highest BCUT2D eigenvalue weighted by atomic mass is 79.9. The standard InChI is InChI=1S/C13H18BrNO2/c14-9-5-6-10(11(16)7-9)12(15)13(17)8-3-1-2-4-8/h5-8,12-13,16-17H,1-4,15H2/t12-,13+/m0/s1. The largest absolute Gasteiger partial charge is 0.508 e. The second kappa shape index (κ2) is 5.38. The lowest BCUT2D eigenvalue weighted by Crippen LogP contribution is -2.31. The van der Waals surface area contributed by atoms with Crippen molar-refractivity contribution in [3.05, 3.63) is 28.2 Å². The van der Waals surface area contributed by atoms with Crippen LogP contribution in [0.25, 0.3) is 0 Å². The molecule has 1 aromatic rings. The van der Waals surface area contributed by atoms with Crippen molar-refractivity contribution in [2.75, 3.05) is 0 Å². The van der Waals surface area contributed by atoms with Crippen LogP contribution in [0.15, 0.2) is 22.7 Å². The Balaban J connectivity index is 2.15. The molecule has 0 spiro atoms. The van der Waals surface area contributed by atoms with Crippen molar-refractivity contribution >= 4 is 15.9 Å². The number of rotatable bonds is 3. The lowest BCUT2D eigenvalue weighted by molar-refractivity contribution is 0.0836. The van der Waals surface area contributed by atoms with Gasteiger partial charge in [-0.1, -0.05) is 34.8 Å². The predicted molar refractivity (Wildman–Crippen MR) is 70.7 cm³/mol. The van der Waals surface area contributed by atoms with Gasteiger partial charge < -0.3 is 15.9 Å². The average molecular weight is 300 g/mol. The lowest BCUT2D eigenvalue weighted by Gasteiger charge is -2.25. The molecule has 94 valence electrons. The number of halogens is 1. The summed E-state index contributed by atoms with van der Waals surface area (Å²) < 4.78 is 0.807. The van der Waals surface area contributed by atoms with Gasteiger partial charge in [-0.2, -0.15) is 0 Å². The number of aliphatic hydroxyl groups is 1. The van der Waals surface area contributed by atoms with Crippen LogP contribution in [-0.4, -0.2) is 16.3 Å². The van der Waals surface area contributed by atoms with E-state index in [1.54, 1.807) is 12.1 Å². The SMILES string of the molecule is N[C@@H](c1ccc(Br)cc1O)[C@H](O)C1CCCC1. The van der Waals surface area contributed by atoms with E-state index >= 15 is 0 Å². The summed E-state index contributed by atoms with van der Waals surface area (Å²) in [5, 5.41) is 20.0. The molecule has 1 fully saturated rings. The van der Waals surface area contributed by atoms with Gasteiger partial charge in [0.25, 0.3) is 0 Å². The zero-order chi connectivity index (χ0) is 12.4. The monoisotopic (exact) mass is 299 g/mol. The van der Waals surface area contributed by atoms with Gasteiger partial charge in [0.1, 0.15) is 5.75 Å². The van der Waals surface area contributed by atoms with E-state index in [9.17, 15) is 10.2 Å². The van der Waals surface area contributed by atoms with Gasteiger partial charge in [-0.25, -0.2) is 0 Å². The Hall–Kier alpha value is -0.580. The summed E-state index contributed by atoms with van der Waals surface area (Å²) in [7, 11) is 0. The Bertz CT molecular complexity index is 391. The van der Waals surface area contributed by atoms with Gasteiger partial charge in [0.05, 0.1) is 12.1 Å². The fourth-order valence-electron chi connectivity index (χ4n) is 2.57. The van der Waals surface area contributed by atoms with Crippen molar-refractivity contribution in [3.63, 3.8) is 0 Å². The molecule has 1 saturated carbocycles. The van der Waals surface area contributed by atoms with Gasteiger partial charge in [0.15, 0.2) is 0 Å². The number of phenolic OH excluding ortho intramolecular Hbond substituents is 1. The van der Waals surface area contributed by atoms with Gasteiger partial charge in [0, 0.05) is 10.0 Å². The Kier molecular flexibility index (Phi) is 4.07. The first-order valence-corrected chi connectivity index (χ1v) is 6.81. The summed E-state index contributed by atoms with van der Waals surface area (Å²) in [5.41, 5.74) is 6.66. The fraction of sp³-hybridized carbons (Fsp3) is 0.538. The molecule has 4 heteroatoms. The molecule has 0 heterocycles. The van der Waals surface area contributed by atoms with Crippen molar-refractivity contribution in [3.8, 4) is 5.75 Å². The van der Waals surface area contributed by atoms with Gasteiger partial charge in [-0.15, -0.1) is 0 Å². The summed E-state index contributed by atoms with van der Waals surface area (Å²) in [5.74, 6) is 0.414. The lowest BCUT2D eigenvalue weighted by atomic mass is 9.90. The van der Waals surface area contributed by atoms with Crippen molar-refractivity contribution in [1.29, 1.82) is 0 Å². The minimum atomic E-state index is -0.565. The van der Waals surface area contributed by atoms with E-state index in [-0.39, 0.29) is 11.7 Å². The molecule has 0 saturated heterocycles. The molecular formula is C13H18BrNO2. The predicted octanol–water partition coefficient (Wildman–Crippen LogP) is 2.71. The second-order valence-corrected chi connectivity index (χ2v) is 5.68. The highest BCUT2D eigenvalue weighted by Gasteiger charge is 2.29. The topological polar surface area (TPSA) is 66.5 Å². The number of phenols is 1. The molecule has 0 aliphatic heterocycles. The number of nitrogens with two attached hydrogens (primary N) is 1. The summed E-state index contributed by atoms with van der Waals surface area (Å²) in [4.78, 5) is 0. The number of hydrogen-bond donors (Lipinski definition) is 3. The summed E-state index contributed by atoms with van der Waals surface area (Å²) in [6.45, 7) is 0. The smallest absolute Gasteiger partial charge is 0.121 e. The summed E-state index contributed by atoms with van der Waals surface area (Å²) in [6, 6.07) is 4.70. The third-order valence-corrected chi connectivity index (χ3v) is 4.10. The molecule has 0 aromatic heterocycles. The van der Waals surface area contributed by atoms with E-state index in [0.29, 0.717) is 5.56 Å². The molecule has 0 bridgehead atoms. The third kappa shape index (κ3) is 2.81. The molecule has 4 N–H and O–H groups in total. The number of aliphatic hydroxyl groups excluding tert-OH is 1. The Labute approximate surface area is 110 Å². The Morgan fingerprint density at radius 3 is 2.53 bits per heavy atom. The van der Waals surface area contributed by atoms with Gasteiger partial charge in [-0.3, -0.25) is 0 Å². The highest BCUT2D eigenvalue weighted by molar-refractivity contribution is 9.10. The molecule has 0 radical (unpaired) electrons. The minimum absolute atomic E-state index is 0.143. The first kappa shape index (κ1) is 12.9. The van der Waals surface area contributed by atoms with Crippen LogP contribution < -0.4 is 5.73 Å². The molecular weight excluding hydrogens is 282 g/mol. The fourth-order valence-corrected chi connectivity index (χ4v) is 2.92. The zero-order valence-electron chi connectivity index (χ0n) is 9.64. The van der Waals surface area contributed by atoms with Gasteiger partial charge in [0.2, 0.25) is 0 Å². The van der Waals surface area contributed by atoms with Gasteiger partial charge in [-0.05, 0) is 30.9 Å². The molecule has 17 heavy (non-hydrogen) atoms. The van der Waals surface area contributed by atoms with Crippen LogP contribution in [0.4, 0.5) is 0 Å². The van der Waals surface area contributed by atoms with Crippen LogP contribution in [0.2, 0.25) is 0 Å². The van der Waals surface area contributed by atoms with Crippen LogP contribution in [0.1, 0.15) is 37.3 Å². The number of aromatic hydroxyl groups is 1. The van der Waals surface area contributed by atoms with E-state index in [1.165, 1.54) is 12.8 Å². The third-order valence-electron chi connectivity index (χ3n) is 3.60. The van der Waals surface area contributed by atoms with Crippen molar-refractivity contribution in [2.24, 2.45) is 11.7 Å². The summed E-state index contributed by atoms with van der Waals surface area (Å²) >= 11 is 3.29. The average Bonchev–Trinajstić information content (AvgIpc) is 2.80. The van der Waals surface area contributed by atoms with Crippen LogP contribution >= 0.6 is 15.9 Å². The summed E-state index contributed by atoms with van der Waals surface area (Å²) in [6.07, 6.45) is 3.84. The van der Waals surface area contributed by atoms with E-state index in [2.05, 4.69) is 15.9 Å². The molecule has 0 unspecified atom stereocenters. The van der Waals surface area contributed by atoms with E-state index in [4.69, 9.17) is 5.73 Å². The maximum Gasteiger partial charge on any atom is 0.121 e. The molecule has 2 rings (SSSR count). The minimum Gasteiger partial charge on any atom is -0.508 e. The van der Waals surface area contributed by atoms with Crippen LogP contribution in [0.3, 0.4) is 0 Å². The van der Waals surface area contributed by atoms with Crippen molar-refractivity contribution < 1.29 is 10.2 Å². The van der Waals surface area contributed by atoms with E-state index in [0.717, 1.165) is 17.3 Å². The molecule has 3 nitrogen and oxygen atoms in total. The maximum absolute atomic E-state index is 10.2. The Morgan fingerprint density at radius 1 is 1.29 bits per heavy atom. The number of hydrogen-bond acceptors (Lipinski definition) is 3. The number of benzene rings is 1. The highest BCUT2D eigenvalue weighted by Crippen LogP contribution is 2.35. The van der Waals surface area contributed by atoms with E-state index < -0.39 is 12.1 Å². The van der Waals surface area contributed by atoms with Crippen molar-refractivity contribution in [2.45, 2.75) is 37.8 Å². The first-order valence-electron chi connectivity index (χ1n) is 6.01. The van der Waals surface area contributed by atoms with Crippen LogP contribution in [0.5, 0.6) is 5.75 Å². The Morgan fingerprint density at radius 2 is 1.94 bits per heavy atom. The van der Waals surface area contributed by atoms with Crippen LogP contribution in [0, 0.1) is 5.92 Å². The van der Waals surface area contributed by atoms with E-state index in [1.807, 2.05) is 6.07 Å². The van der Waals surface area contributed by atoms with Gasteiger partial charge >= 0.3 is 0 Å². The van der Waals surface area contributed by atoms with Crippen molar-refractivity contribution in [1.82, 2.24) is 0 Å². The quantitative estimate of drug-likeness (QED) is 0.804. The maximum atomic E-state index is 10.2.